The Morgan fingerprint density at radius 3 is 2.92 bits per heavy atom. The molecule has 1 aromatic heterocycles. The molecule has 0 radical (unpaired) electrons. The Kier molecular flexibility index (Phi) is 3.20. The van der Waals surface area contributed by atoms with E-state index in [0.29, 0.717) is 5.69 Å². The predicted octanol–water partition coefficient (Wildman–Crippen LogP) is 1.87. The van der Waals surface area contributed by atoms with Crippen molar-refractivity contribution in [1.82, 2.24) is 4.98 Å². The van der Waals surface area contributed by atoms with E-state index >= 15 is 0 Å². The van der Waals surface area contributed by atoms with Gasteiger partial charge in [0, 0.05) is 13.1 Å². The molecule has 0 saturated carbocycles. The molecular formula is C10H11NO2. The number of hydrogen-bond donors (Lipinski definition) is 0. The summed E-state index contributed by atoms with van der Waals surface area (Å²) in [5, 5.41) is 0. The van der Waals surface area contributed by atoms with Crippen LogP contribution in [0.25, 0.3) is 0 Å². The molecule has 0 amide bonds. The standard InChI is InChI=1S/C10H11NO2/c1-3-10(13-8(2)12)9-6-4-5-7-11-9/h3-7,10H,1H2,2H3/t10-/m0/s1. The van der Waals surface area contributed by atoms with Crippen LogP contribution in [-0.2, 0) is 9.53 Å². The minimum absolute atomic E-state index is 0.337. The van der Waals surface area contributed by atoms with Gasteiger partial charge in [-0.3, -0.25) is 9.78 Å². The molecule has 3 heteroatoms. The third kappa shape index (κ3) is 2.71. The molecule has 0 spiro atoms. The molecule has 0 aliphatic heterocycles. The minimum atomic E-state index is -0.446. The lowest BCUT2D eigenvalue weighted by Gasteiger charge is -2.11. The van der Waals surface area contributed by atoms with Crippen LogP contribution in [0, 0.1) is 0 Å². The zero-order valence-corrected chi connectivity index (χ0v) is 7.43. The molecule has 1 aromatic rings. The van der Waals surface area contributed by atoms with E-state index in [1.165, 1.54) is 6.92 Å². The fourth-order valence-electron chi connectivity index (χ4n) is 0.952. The zero-order valence-electron chi connectivity index (χ0n) is 7.43. The zero-order chi connectivity index (χ0) is 9.68. The normalized spacial score (nSPS) is 11.8. The van der Waals surface area contributed by atoms with Crippen LogP contribution in [0.2, 0.25) is 0 Å². The molecule has 1 heterocycles. The third-order valence-corrected chi connectivity index (χ3v) is 1.49. The molecule has 1 atom stereocenters. The molecule has 13 heavy (non-hydrogen) atoms. The van der Waals surface area contributed by atoms with Crippen molar-refractivity contribution in [3.05, 3.63) is 42.7 Å². The highest BCUT2D eigenvalue weighted by Gasteiger charge is 2.10. The van der Waals surface area contributed by atoms with Crippen molar-refractivity contribution in [3.63, 3.8) is 0 Å². The number of nitrogens with zero attached hydrogens (tertiary/aromatic N) is 1. The van der Waals surface area contributed by atoms with Gasteiger partial charge in [0.2, 0.25) is 0 Å². The lowest BCUT2D eigenvalue weighted by Crippen LogP contribution is -2.07. The Morgan fingerprint density at radius 2 is 2.46 bits per heavy atom. The number of pyridine rings is 1. The maximum atomic E-state index is 10.7. The lowest BCUT2D eigenvalue weighted by atomic mass is 10.2. The van der Waals surface area contributed by atoms with Crippen LogP contribution in [0.4, 0.5) is 0 Å². The van der Waals surface area contributed by atoms with Gasteiger partial charge < -0.3 is 4.74 Å². The number of aromatic nitrogens is 1. The monoisotopic (exact) mass is 177 g/mol. The topological polar surface area (TPSA) is 39.2 Å². The number of carbonyl (C=O) groups is 1. The summed E-state index contributed by atoms with van der Waals surface area (Å²) in [6.45, 7) is 4.93. The summed E-state index contributed by atoms with van der Waals surface area (Å²) in [5.41, 5.74) is 0.688. The highest BCUT2D eigenvalue weighted by atomic mass is 16.5. The Balaban J connectivity index is 2.78. The fraction of sp³-hybridized carbons (Fsp3) is 0.200. The van der Waals surface area contributed by atoms with Crippen LogP contribution < -0.4 is 0 Å². The Bertz CT molecular complexity index is 295. The van der Waals surface area contributed by atoms with Gasteiger partial charge in [-0.25, -0.2) is 0 Å². The van der Waals surface area contributed by atoms with Crippen molar-refractivity contribution in [2.24, 2.45) is 0 Å². The van der Waals surface area contributed by atoms with Crippen molar-refractivity contribution >= 4 is 5.97 Å². The maximum Gasteiger partial charge on any atom is 0.303 e. The maximum absolute atomic E-state index is 10.7. The quantitative estimate of drug-likeness (QED) is 0.522. The van der Waals surface area contributed by atoms with Gasteiger partial charge in [0.05, 0.1) is 5.69 Å². The molecule has 1 rings (SSSR count). The van der Waals surface area contributed by atoms with E-state index in [9.17, 15) is 4.79 Å². The SMILES string of the molecule is C=C[C@H](OC(C)=O)c1ccccn1. The molecule has 68 valence electrons. The van der Waals surface area contributed by atoms with E-state index in [0.717, 1.165) is 0 Å². The van der Waals surface area contributed by atoms with Crippen LogP contribution in [0.1, 0.15) is 18.7 Å². The molecule has 0 bridgehead atoms. The van der Waals surface area contributed by atoms with Crippen LogP contribution in [0.3, 0.4) is 0 Å². The van der Waals surface area contributed by atoms with E-state index < -0.39 is 6.10 Å². The summed E-state index contributed by atoms with van der Waals surface area (Å²) in [7, 11) is 0. The Labute approximate surface area is 77.1 Å². The summed E-state index contributed by atoms with van der Waals surface area (Å²) in [6.07, 6.45) is 2.75. The number of hydrogen-bond acceptors (Lipinski definition) is 3. The summed E-state index contributed by atoms with van der Waals surface area (Å²) < 4.78 is 4.97. The molecule has 0 N–H and O–H groups in total. The number of carbonyl (C=O) groups excluding carboxylic acids is 1. The van der Waals surface area contributed by atoms with Gasteiger partial charge in [-0.05, 0) is 18.2 Å². The van der Waals surface area contributed by atoms with Gasteiger partial charge >= 0.3 is 5.97 Å². The van der Waals surface area contributed by atoms with Crippen molar-refractivity contribution in [1.29, 1.82) is 0 Å². The van der Waals surface area contributed by atoms with Crippen molar-refractivity contribution in [3.8, 4) is 0 Å². The smallest absolute Gasteiger partial charge is 0.303 e. The number of esters is 1. The van der Waals surface area contributed by atoms with Crippen LogP contribution in [-0.4, -0.2) is 11.0 Å². The first kappa shape index (κ1) is 9.45. The first-order chi connectivity index (χ1) is 6.24. The molecule has 3 nitrogen and oxygen atoms in total. The molecule has 0 aliphatic rings. The molecule has 0 saturated heterocycles. The van der Waals surface area contributed by atoms with Gasteiger partial charge in [-0.15, -0.1) is 0 Å². The lowest BCUT2D eigenvalue weighted by molar-refractivity contribution is -0.144. The molecule has 0 aromatic carbocycles. The average Bonchev–Trinajstić information content (AvgIpc) is 2.15. The first-order valence-corrected chi connectivity index (χ1v) is 3.94. The highest BCUT2D eigenvalue weighted by molar-refractivity contribution is 5.66. The Hall–Kier alpha value is -1.64. The second-order valence-corrected chi connectivity index (χ2v) is 2.52. The van der Waals surface area contributed by atoms with Crippen LogP contribution in [0.5, 0.6) is 0 Å². The van der Waals surface area contributed by atoms with Gasteiger partial charge in [-0.2, -0.15) is 0 Å². The molecular weight excluding hydrogens is 166 g/mol. The van der Waals surface area contributed by atoms with Crippen molar-refractivity contribution in [2.45, 2.75) is 13.0 Å². The van der Waals surface area contributed by atoms with Gasteiger partial charge in [0.15, 0.2) is 6.10 Å². The molecule has 0 fully saturated rings. The van der Waals surface area contributed by atoms with Crippen molar-refractivity contribution in [2.75, 3.05) is 0 Å². The van der Waals surface area contributed by atoms with Crippen LogP contribution in [0.15, 0.2) is 37.1 Å². The average molecular weight is 177 g/mol. The molecule has 0 aliphatic carbocycles. The van der Waals surface area contributed by atoms with Crippen LogP contribution >= 0.6 is 0 Å². The van der Waals surface area contributed by atoms with Gasteiger partial charge in [0.1, 0.15) is 0 Å². The number of rotatable bonds is 3. The summed E-state index contributed by atoms with van der Waals surface area (Å²) >= 11 is 0. The highest BCUT2D eigenvalue weighted by Crippen LogP contribution is 2.15. The Morgan fingerprint density at radius 1 is 1.69 bits per heavy atom. The largest absolute Gasteiger partial charge is 0.452 e. The first-order valence-electron chi connectivity index (χ1n) is 3.94. The minimum Gasteiger partial charge on any atom is -0.452 e. The van der Waals surface area contributed by atoms with Crippen molar-refractivity contribution < 1.29 is 9.53 Å². The third-order valence-electron chi connectivity index (χ3n) is 1.49. The van der Waals surface area contributed by atoms with Gasteiger partial charge in [-0.1, -0.05) is 12.6 Å². The van der Waals surface area contributed by atoms with E-state index in [-0.39, 0.29) is 5.97 Å². The molecule has 0 unspecified atom stereocenters. The van der Waals surface area contributed by atoms with E-state index in [1.807, 2.05) is 6.07 Å². The van der Waals surface area contributed by atoms with Gasteiger partial charge in [0.25, 0.3) is 0 Å². The second kappa shape index (κ2) is 4.40. The summed E-state index contributed by atoms with van der Waals surface area (Å²) in [5.74, 6) is -0.337. The second-order valence-electron chi connectivity index (χ2n) is 2.52. The van der Waals surface area contributed by atoms with E-state index in [1.54, 1.807) is 24.4 Å². The predicted molar refractivity (Wildman–Crippen MR) is 48.9 cm³/mol. The number of ether oxygens (including phenoxy) is 1. The summed E-state index contributed by atoms with van der Waals surface area (Å²) in [4.78, 5) is 14.7. The summed E-state index contributed by atoms with van der Waals surface area (Å²) in [6, 6.07) is 5.43. The van der Waals surface area contributed by atoms with E-state index in [2.05, 4.69) is 11.6 Å². The van der Waals surface area contributed by atoms with E-state index in [4.69, 9.17) is 4.74 Å². The fourth-order valence-corrected chi connectivity index (χ4v) is 0.952.